The van der Waals surface area contributed by atoms with Crippen molar-refractivity contribution in [3.63, 3.8) is 0 Å². The first kappa shape index (κ1) is 14.9. The Morgan fingerprint density at radius 3 is 2.68 bits per heavy atom. The molecule has 0 aliphatic heterocycles. The molecule has 106 valence electrons. The molecule has 0 aliphatic carbocycles. The largest absolute Gasteiger partial charge is 0.476 e. The standard InChI is InChI=1S/C11H19N5O3/c1-2-3-4-5-12-11(19)13-6-7-16-8-9(10(17)18)14-15-16/h8H,2-7H2,1H3,(H,17,18)(H2,12,13,19). The second-order valence-electron chi connectivity index (χ2n) is 4.06. The van der Waals surface area contributed by atoms with Gasteiger partial charge in [-0.2, -0.15) is 0 Å². The number of nitrogens with one attached hydrogen (secondary N) is 2. The van der Waals surface area contributed by atoms with Gasteiger partial charge in [-0.25, -0.2) is 14.3 Å². The molecular formula is C11H19N5O3. The van der Waals surface area contributed by atoms with Gasteiger partial charge in [0, 0.05) is 13.1 Å². The van der Waals surface area contributed by atoms with Crippen molar-refractivity contribution in [2.75, 3.05) is 13.1 Å². The fraction of sp³-hybridized carbons (Fsp3) is 0.636. The van der Waals surface area contributed by atoms with E-state index in [4.69, 9.17) is 5.11 Å². The molecule has 0 atom stereocenters. The maximum Gasteiger partial charge on any atom is 0.358 e. The van der Waals surface area contributed by atoms with Crippen molar-refractivity contribution >= 4 is 12.0 Å². The first-order valence-electron chi connectivity index (χ1n) is 6.28. The highest BCUT2D eigenvalue weighted by Crippen LogP contribution is 1.92. The summed E-state index contributed by atoms with van der Waals surface area (Å²) >= 11 is 0. The summed E-state index contributed by atoms with van der Waals surface area (Å²) in [6.45, 7) is 3.50. The number of hydrogen-bond donors (Lipinski definition) is 3. The summed E-state index contributed by atoms with van der Waals surface area (Å²) in [7, 11) is 0. The van der Waals surface area contributed by atoms with Crippen LogP contribution in [0.15, 0.2) is 6.20 Å². The van der Waals surface area contributed by atoms with Gasteiger partial charge in [0.05, 0.1) is 12.7 Å². The Balaban J connectivity index is 2.15. The summed E-state index contributed by atoms with van der Waals surface area (Å²) in [5.41, 5.74) is -0.107. The Kier molecular flexibility index (Phi) is 6.34. The maximum atomic E-state index is 11.3. The van der Waals surface area contributed by atoms with Crippen LogP contribution >= 0.6 is 0 Å². The molecular weight excluding hydrogens is 250 g/mol. The number of urea groups is 1. The number of aromatic carboxylic acids is 1. The molecule has 0 spiro atoms. The third-order valence-electron chi connectivity index (χ3n) is 2.45. The van der Waals surface area contributed by atoms with E-state index in [0.717, 1.165) is 19.3 Å². The van der Waals surface area contributed by atoms with Gasteiger partial charge in [0.1, 0.15) is 0 Å². The zero-order valence-electron chi connectivity index (χ0n) is 10.9. The van der Waals surface area contributed by atoms with Crippen LogP contribution in [0.4, 0.5) is 4.79 Å². The quantitative estimate of drug-likeness (QED) is 0.594. The van der Waals surface area contributed by atoms with E-state index in [1.807, 2.05) is 0 Å². The lowest BCUT2D eigenvalue weighted by atomic mass is 10.2. The molecule has 8 heteroatoms. The lowest BCUT2D eigenvalue weighted by Crippen LogP contribution is -2.37. The Bertz CT molecular complexity index is 418. The number of aromatic nitrogens is 3. The van der Waals surface area contributed by atoms with Crippen molar-refractivity contribution in [2.45, 2.75) is 32.7 Å². The highest BCUT2D eigenvalue weighted by Gasteiger charge is 2.07. The number of hydrogen-bond acceptors (Lipinski definition) is 4. The molecule has 0 unspecified atom stereocenters. The molecule has 1 heterocycles. The van der Waals surface area contributed by atoms with Gasteiger partial charge in [-0.3, -0.25) is 0 Å². The molecule has 2 amide bonds. The van der Waals surface area contributed by atoms with Gasteiger partial charge in [0.15, 0.2) is 5.69 Å². The second kappa shape index (κ2) is 8.06. The molecule has 1 aromatic heterocycles. The van der Waals surface area contributed by atoms with E-state index in [1.54, 1.807) is 0 Å². The first-order valence-corrected chi connectivity index (χ1v) is 6.28. The fourth-order valence-corrected chi connectivity index (χ4v) is 1.43. The average Bonchev–Trinajstić information content (AvgIpc) is 2.84. The number of unbranched alkanes of at least 4 members (excludes halogenated alkanes) is 2. The summed E-state index contributed by atoms with van der Waals surface area (Å²) in [5.74, 6) is -1.12. The lowest BCUT2D eigenvalue weighted by Gasteiger charge is -2.06. The molecule has 0 saturated heterocycles. The van der Waals surface area contributed by atoms with Gasteiger partial charge < -0.3 is 15.7 Å². The zero-order valence-corrected chi connectivity index (χ0v) is 10.9. The van der Waals surface area contributed by atoms with Crippen molar-refractivity contribution in [1.82, 2.24) is 25.6 Å². The molecule has 0 bridgehead atoms. The average molecular weight is 269 g/mol. The minimum atomic E-state index is -1.12. The second-order valence-corrected chi connectivity index (χ2v) is 4.06. The van der Waals surface area contributed by atoms with E-state index in [1.165, 1.54) is 10.9 Å². The van der Waals surface area contributed by atoms with Crippen LogP contribution < -0.4 is 10.6 Å². The van der Waals surface area contributed by atoms with Crippen molar-refractivity contribution < 1.29 is 14.7 Å². The van der Waals surface area contributed by atoms with Gasteiger partial charge >= 0.3 is 12.0 Å². The third kappa shape index (κ3) is 5.84. The van der Waals surface area contributed by atoms with Gasteiger partial charge in [0.2, 0.25) is 0 Å². The minimum Gasteiger partial charge on any atom is -0.476 e. The van der Waals surface area contributed by atoms with E-state index in [9.17, 15) is 9.59 Å². The van der Waals surface area contributed by atoms with Crippen LogP contribution in [0.3, 0.4) is 0 Å². The van der Waals surface area contributed by atoms with Crippen molar-refractivity contribution in [1.29, 1.82) is 0 Å². The molecule has 0 saturated carbocycles. The van der Waals surface area contributed by atoms with Crippen molar-refractivity contribution in [2.24, 2.45) is 0 Å². The number of carbonyl (C=O) groups excluding carboxylic acids is 1. The summed E-state index contributed by atoms with van der Waals surface area (Å²) in [6, 6.07) is -0.227. The van der Waals surface area contributed by atoms with E-state index < -0.39 is 5.97 Å². The van der Waals surface area contributed by atoms with Gasteiger partial charge in [-0.05, 0) is 6.42 Å². The van der Waals surface area contributed by atoms with Crippen LogP contribution in [0.1, 0.15) is 36.7 Å². The predicted molar refractivity (Wildman–Crippen MR) is 67.9 cm³/mol. The normalized spacial score (nSPS) is 10.2. The van der Waals surface area contributed by atoms with Crippen LogP contribution in [0, 0.1) is 0 Å². The highest BCUT2D eigenvalue weighted by molar-refractivity contribution is 5.84. The highest BCUT2D eigenvalue weighted by atomic mass is 16.4. The predicted octanol–water partition coefficient (Wildman–Crippen LogP) is 0.466. The van der Waals surface area contributed by atoms with Crippen LogP contribution in [-0.4, -0.2) is 45.2 Å². The number of carboxylic acid groups (broad SMARTS) is 1. The van der Waals surface area contributed by atoms with Gasteiger partial charge in [0.25, 0.3) is 0 Å². The van der Waals surface area contributed by atoms with Crippen LogP contribution in [0.2, 0.25) is 0 Å². The molecule has 0 radical (unpaired) electrons. The summed E-state index contributed by atoms with van der Waals surface area (Å²) in [5, 5.41) is 21.2. The zero-order chi connectivity index (χ0) is 14.1. The Labute approximate surface area is 111 Å². The SMILES string of the molecule is CCCCCNC(=O)NCCn1cc(C(=O)O)nn1. The molecule has 3 N–H and O–H groups in total. The smallest absolute Gasteiger partial charge is 0.358 e. The molecule has 8 nitrogen and oxygen atoms in total. The number of nitrogens with zero attached hydrogens (tertiary/aromatic N) is 3. The Hall–Kier alpha value is -2.12. The van der Waals surface area contributed by atoms with E-state index >= 15 is 0 Å². The topological polar surface area (TPSA) is 109 Å². The number of amides is 2. The van der Waals surface area contributed by atoms with E-state index in [0.29, 0.717) is 19.6 Å². The molecule has 19 heavy (non-hydrogen) atoms. The third-order valence-corrected chi connectivity index (χ3v) is 2.45. The summed E-state index contributed by atoms with van der Waals surface area (Å²) in [4.78, 5) is 21.9. The maximum absolute atomic E-state index is 11.3. The van der Waals surface area contributed by atoms with E-state index in [2.05, 4.69) is 27.9 Å². The number of carbonyl (C=O) groups is 2. The molecule has 0 aliphatic rings. The van der Waals surface area contributed by atoms with Crippen LogP contribution in [0.5, 0.6) is 0 Å². The monoisotopic (exact) mass is 269 g/mol. The van der Waals surface area contributed by atoms with Crippen molar-refractivity contribution in [3.05, 3.63) is 11.9 Å². The van der Waals surface area contributed by atoms with E-state index in [-0.39, 0.29) is 11.7 Å². The van der Waals surface area contributed by atoms with Crippen LogP contribution in [-0.2, 0) is 6.54 Å². The Morgan fingerprint density at radius 2 is 2.05 bits per heavy atom. The first-order chi connectivity index (χ1) is 9.13. The molecule has 1 rings (SSSR count). The number of rotatable bonds is 8. The number of carboxylic acids is 1. The fourth-order valence-electron chi connectivity index (χ4n) is 1.43. The lowest BCUT2D eigenvalue weighted by molar-refractivity contribution is 0.0690. The van der Waals surface area contributed by atoms with Crippen LogP contribution in [0.25, 0.3) is 0 Å². The minimum absolute atomic E-state index is 0.107. The molecule has 0 aromatic carbocycles. The Morgan fingerprint density at radius 1 is 1.32 bits per heavy atom. The van der Waals surface area contributed by atoms with Gasteiger partial charge in [-0.1, -0.05) is 25.0 Å². The van der Waals surface area contributed by atoms with Gasteiger partial charge in [-0.15, -0.1) is 5.10 Å². The summed E-state index contributed by atoms with van der Waals surface area (Å²) < 4.78 is 1.38. The molecule has 1 aromatic rings. The molecule has 0 fully saturated rings. The summed E-state index contributed by atoms with van der Waals surface area (Å²) in [6.07, 6.45) is 4.50. The van der Waals surface area contributed by atoms with Crippen molar-refractivity contribution in [3.8, 4) is 0 Å².